The molecule has 0 aliphatic carbocycles. The van der Waals surface area contributed by atoms with E-state index in [1.165, 1.54) is 0 Å². The first-order valence-electron chi connectivity index (χ1n) is 11.0. The zero-order valence-electron chi connectivity index (χ0n) is 19.5. The van der Waals surface area contributed by atoms with Crippen molar-refractivity contribution < 1.29 is 14.3 Å². The molecule has 8 heteroatoms. The third kappa shape index (κ3) is 7.32. The van der Waals surface area contributed by atoms with Gasteiger partial charge in [0.1, 0.15) is 5.75 Å². The number of nitrogens with zero attached hydrogens (tertiary/aromatic N) is 3. The van der Waals surface area contributed by atoms with Crippen LogP contribution in [0.4, 0.5) is 5.69 Å². The molecule has 1 aliphatic rings. The number of carbonyl (C=O) groups is 2. The number of ether oxygens (including phenoxy) is 1. The highest BCUT2D eigenvalue weighted by Gasteiger charge is 2.25. The Morgan fingerprint density at radius 3 is 2.19 bits per heavy atom. The van der Waals surface area contributed by atoms with Crippen molar-refractivity contribution in [2.24, 2.45) is 0 Å². The first-order chi connectivity index (χ1) is 15.2. The van der Waals surface area contributed by atoms with E-state index in [0.29, 0.717) is 19.6 Å². The summed E-state index contributed by atoms with van der Waals surface area (Å²) < 4.78 is 5.26. The summed E-state index contributed by atoms with van der Waals surface area (Å²) in [7, 11) is 1.63. The molecule has 174 valence electrons. The van der Waals surface area contributed by atoms with Crippen LogP contribution in [0.2, 0.25) is 0 Å². The van der Waals surface area contributed by atoms with Crippen LogP contribution in [0.15, 0.2) is 41.8 Å². The summed E-state index contributed by atoms with van der Waals surface area (Å²) in [5.74, 6) is 0.884. The second-order valence-corrected chi connectivity index (χ2v) is 10.1. The van der Waals surface area contributed by atoms with Gasteiger partial charge in [0, 0.05) is 42.3 Å². The molecule has 0 atom stereocenters. The van der Waals surface area contributed by atoms with Crippen LogP contribution in [0, 0.1) is 0 Å². The molecule has 0 spiro atoms. The van der Waals surface area contributed by atoms with Gasteiger partial charge in [-0.05, 0) is 56.5 Å². The molecule has 2 amide bonds. The molecule has 0 unspecified atom stereocenters. The minimum absolute atomic E-state index is 0.0451. The molecule has 2 aromatic rings. The number of thiophene rings is 1. The standard InChI is InChI=1S/C24H34N4O3S/c1-24(2,3)25-22(29)17-26-11-13-27(14-12-26)18-23(30)28(16-21-6-5-15-32-21)19-7-9-20(31-4)10-8-19/h5-10,15H,11-14,16-18H2,1-4H3,(H,25,29). The van der Waals surface area contributed by atoms with Gasteiger partial charge >= 0.3 is 0 Å². The molecule has 7 nitrogen and oxygen atoms in total. The number of methoxy groups -OCH3 is 1. The first kappa shape index (κ1) is 24.2. The average molecular weight is 459 g/mol. The Labute approximate surface area is 194 Å². The maximum absolute atomic E-state index is 13.3. The van der Waals surface area contributed by atoms with Crippen LogP contribution in [0.25, 0.3) is 0 Å². The van der Waals surface area contributed by atoms with Crippen LogP contribution in [-0.2, 0) is 16.1 Å². The maximum atomic E-state index is 13.3. The minimum atomic E-state index is -0.223. The molecule has 3 rings (SSSR count). The Bertz CT molecular complexity index is 870. The van der Waals surface area contributed by atoms with E-state index in [-0.39, 0.29) is 17.4 Å². The number of rotatable bonds is 8. The zero-order chi connectivity index (χ0) is 23.1. The van der Waals surface area contributed by atoms with Gasteiger partial charge in [-0.3, -0.25) is 19.4 Å². The molecule has 2 heterocycles. The lowest BCUT2D eigenvalue weighted by Crippen LogP contribution is -2.53. The number of hydrogen-bond donors (Lipinski definition) is 1. The van der Waals surface area contributed by atoms with Crippen molar-refractivity contribution >= 4 is 28.8 Å². The molecule has 1 fully saturated rings. The monoisotopic (exact) mass is 458 g/mol. The fraction of sp³-hybridized carbons (Fsp3) is 0.500. The molecule has 1 aromatic heterocycles. The molecular weight excluding hydrogens is 424 g/mol. The third-order valence-electron chi connectivity index (χ3n) is 5.28. The second kappa shape index (κ2) is 10.9. The Hall–Kier alpha value is -2.42. The summed E-state index contributed by atoms with van der Waals surface area (Å²) in [6.45, 7) is 10.4. The van der Waals surface area contributed by atoms with E-state index in [1.54, 1.807) is 18.4 Å². The lowest BCUT2D eigenvalue weighted by molar-refractivity contribution is -0.125. The number of carbonyl (C=O) groups excluding carboxylic acids is 2. The number of benzene rings is 1. The number of anilines is 1. The Morgan fingerprint density at radius 2 is 1.66 bits per heavy atom. The smallest absolute Gasteiger partial charge is 0.241 e. The number of piperazine rings is 1. The van der Waals surface area contributed by atoms with Gasteiger partial charge in [0.25, 0.3) is 0 Å². The zero-order valence-corrected chi connectivity index (χ0v) is 20.3. The van der Waals surface area contributed by atoms with E-state index >= 15 is 0 Å². The number of nitrogens with one attached hydrogen (secondary N) is 1. The molecule has 1 aromatic carbocycles. The number of amides is 2. The van der Waals surface area contributed by atoms with Crippen LogP contribution in [0.1, 0.15) is 25.6 Å². The molecule has 1 N–H and O–H groups in total. The molecule has 1 aliphatic heterocycles. The summed E-state index contributed by atoms with van der Waals surface area (Å²) in [4.78, 5) is 32.8. The van der Waals surface area contributed by atoms with Crippen molar-refractivity contribution in [2.45, 2.75) is 32.9 Å². The Kier molecular flexibility index (Phi) is 8.28. The van der Waals surface area contributed by atoms with E-state index in [4.69, 9.17) is 4.74 Å². The lowest BCUT2D eigenvalue weighted by atomic mass is 10.1. The molecule has 0 saturated carbocycles. The van der Waals surface area contributed by atoms with Crippen molar-refractivity contribution in [3.63, 3.8) is 0 Å². The van der Waals surface area contributed by atoms with Crippen LogP contribution in [0.5, 0.6) is 5.75 Å². The predicted octanol–water partition coefficient (Wildman–Crippen LogP) is 2.82. The first-order valence-corrected chi connectivity index (χ1v) is 11.8. The van der Waals surface area contributed by atoms with E-state index in [9.17, 15) is 9.59 Å². The van der Waals surface area contributed by atoms with Gasteiger partial charge in [0.15, 0.2) is 0 Å². The van der Waals surface area contributed by atoms with Crippen LogP contribution in [-0.4, -0.2) is 73.5 Å². The summed E-state index contributed by atoms with van der Waals surface area (Å²) in [6, 6.07) is 11.7. The SMILES string of the molecule is COc1ccc(N(Cc2cccs2)C(=O)CN2CCN(CC(=O)NC(C)(C)C)CC2)cc1. The normalized spacial score (nSPS) is 15.4. The van der Waals surface area contributed by atoms with Crippen molar-refractivity contribution in [1.82, 2.24) is 15.1 Å². The third-order valence-corrected chi connectivity index (χ3v) is 6.15. The molecule has 1 saturated heterocycles. The van der Waals surface area contributed by atoms with E-state index in [2.05, 4.69) is 21.2 Å². The topological polar surface area (TPSA) is 65.1 Å². The van der Waals surface area contributed by atoms with Gasteiger partial charge < -0.3 is 15.0 Å². The Morgan fingerprint density at radius 1 is 1.03 bits per heavy atom. The predicted molar refractivity (Wildman–Crippen MR) is 129 cm³/mol. The van der Waals surface area contributed by atoms with Crippen LogP contribution in [0.3, 0.4) is 0 Å². The van der Waals surface area contributed by atoms with Crippen LogP contribution >= 0.6 is 11.3 Å². The van der Waals surface area contributed by atoms with Gasteiger partial charge in [-0.25, -0.2) is 0 Å². The highest BCUT2D eigenvalue weighted by Crippen LogP contribution is 2.23. The molecule has 0 radical (unpaired) electrons. The van der Waals surface area contributed by atoms with Gasteiger partial charge in [-0.15, -0.1) is 11.3 Å². The highest BCUT2D eigenvalue weighted by atomic mass is 32.1. The van der Waals surface area contributed by atoms with Crippen molar-refractivity contribution in [1.29, 1.82) is 0 Å². The van der Waals surface area contributed by atoms with E-state index < -0.39 is 0 Å². The minimum Gasteiger partial charge on any atom is -0.497 e. The lowest BCUT2D eigenvalue weighted by Gasteiger charge is -2.35. The van der Waals surface area contributed by atoms with E-state index in [1.807, 2.05) is 61.4 Å². The summed E-state index contributed by atoms with van der Waals surface area (Å²) in [5, 5.41) is 5.04. The molecule has 32 heavy (non-hydrogen) atoms. The Balaban J connectivity index is 1.57. The number of hydrogen-bond acceptors (Lipinski definition) is 6. The summed E-state index contributed by atoms with van der Waals surface area (Å²) in [5.41, 5.74) is 0.639. The molecule has 0 bridgehead atoms. The maximum Gasteiger partial charge on any atom is 0.241 e. The van der Waals surface area contributed by atoms with Gasteiger partial charge in [0.2, 0.25) is 11.8 Å². The van der Waals surface area contributed by atoms with Crippen molar-refractivity contribution in [2.75, 3.05) is 51.3 Å². The largest absolute Gasteiger partial charge is 0.497 e. The van der Waals surface area contributed by atoms with E-state index in [0.717, 1.165) is 42.5 Å². The summed E-state index contributed by atoms with van der Waals surface area (Å²) in [6.07, 6.45) is 0. The fourth-order valence-corrected chi connectivity index (χ4v) is 4.38. The summed E-state index contributed by atoms with van der Waals surface area (Å²) >= 11 is 1.65. The molecular formula is C24H34N4O3S. The van der Waals surface area contributed by atoms with Crippen molar-refractivity contribution in [3.8, 4) is 5.75 Å². The van der Waals surface area contributed by atoms with Crippen LogP contribution < -0.4 is 15.0 Å². The average Bonchev–Trinajstić information content (AvgIpc) is 3.25. The van der Waals surface area contributed by atoms with Gasteiger partial charge in [-0.1, -0.05) is 6.07 Å². The second-order valence-electron chi connectivity index (χ2n) is 9.11. The van der Waals surface area contributed by atoms with Gasteiger partial charge in [0.05, 0.1) is 26.7 Å². The van der Waals surface area contributed by atoms with Crippen molar-refractivity contribution in [3.05, 3.63) is 46.7 Å². The fourth-order valence-electron chi connectivity index (χ4n) is 3.69. The quantitative estimate of drug-likeness (QED) is 0.659. The van der Waals surface area contributed by atoms with Gasteiger partial charge in [-0.2, -0.15) is 0 Å². The highest BCUT2D eigenvalue weighted by molar-refractivity contribution is 7.09.